The molecule has 1 aliphatic carbocycles. The van der Waals surface area contributed by atoms with E-state index in [-0.39, 0.29) is 5.78 Å². The number of hydrogen-bond donors (Lipinski definition) is 0. The van der Waals surface area contributed by atoms with Crippen LogP contribution >= 0.6 is 11.3 Å². The topological polar surface area (TPSA) is 60.4 Å². The molecule has 0 radical (unpaired) electrons. The minimum absolute atomic E-state index is 0.151. The standard InChI is InChI=1S/C20H12O4S/c21-12-15-6-7-16(25-15)17-18(13-4-2-1-3-5-13)20(24-19(17)23)10-8-14(22)9-11-20/h1-12H. The molecule has 4 nitrogen and oxygen atoms in total. The van der Waals surface area contributed by atoms with Gasteiger partial charge in [0.25, 0.3) is 0 Å². The van der Waals surface area contributed by atoms with Crippen molar-refractivity contribution < 1.29 is 19.1 Å². The van der Waals surface area contributed by atoms with E-state index in [0.717, 1.165) is 11.8 Å². The molecule has 1 spiro atoms. The highest BCUT2D eigenvalue weighted by Crippen LogP contribution is 2.47. The predicted octanol–water partition coefficient (Wildman–Crippen LogP) is 3.46. The maximum Gasteiger partial charge on any atom is 0.341 e. The van der Waals surface area contributed by atoms with Gasteiger partial charge >= 0.3 is 5.97 Å². The van der Waals surface area contributed by atoms with Crippen molar-refractivity contribution in [3.63, 3.8) is 0 Å². The van der Waals surface area contributed by atoms with Crippen molar-refractivity contribution in [1.82, 2.24) is 0 Å². The van der Waals surface area contributed by atoms with E-state index < -0.39 is 11.6 Å². The van der Waals surface area contributed by atoms with Crippen LogP contribution in [0.2, 0.25) is 0 Å². The van der Waals surface area contributed by atoms with Gasteiger partial charge in [0.05, 0.1) is 10.5 Å². The molecule has 0 saturated heterocycles. The number of esters is 1. The first-order valence-electron chi connectivity index (χ1n) is 7.64. The van der Waals surface area contributed by atoms with E-state index in [0.29, 0.717) is 20.9 Å². The third-order valence-corrected chi connectivity index (χ3v) is 5.18. The summed E-state index contributed by atoms with van der Waals surface area (Å²) in [6.45, 7) is 0. The fraction of sp³-hybridized carbons (Fsp3) is 0.0500. The molecule has 2 heterocycles. The molecule has 0 unspecified atom stereocenters. The highest BCUT2D eigenvalue weighted by Gasteiger charge is 2.46. The number of thiophene rings is 1. The minimum atomic E-state index is -1.10. The van der Waals surface area contributed by atoms with Crippen LogP contribution in [-0.4, -0.2) is 23.6 Å². The molecule has 0 fully saturated rings. The van der Waals surface area contributed by atoms with Crippen LogP contribution in [0.5, 0.6) is 0 Å². The molecule has 0 amide bonds. The van der Waals surface area contributed by atoms with Crippen LogP contribution in [0, 0.1) is 0 Å². The van der Waals surface area contributed by atoms with Crippen LogP contribution in [0.15, 0.2) is 66.8 Å². The Labute approximate surface area is 147 Å². The Balaban J connectivity index is 1.99. The average Bonchev–Trinajstić information content (AvgIpc) is 3.21. The normalized spacial score (nSPS) is 18.1. The molecule has 25 heavy (non-hydrogen) atoms. The fourth-order valence-corrected chi connectivity index (χ4v) is 3.92. The summed E-state index contributed by atoms with van der Waals surface area (Å²) < 4.78 is 5.69. The second-order valence-electron chi connectivity index (χ2n) is 5.69. The second kappa shape index (κ2) is 5.79. The van der Waals surface area contributed by atoms with Crippen molar-refractivity contribution >= 4 is 40.5 Å². The zero-order valence-corrected chi connectivity index (χ0v) is 13.8. The number of rotatable bonds is 3. The summed E-state index contributed by atoms with van der Waals surface area (Å²) >= 11 is 1.24. The molecule has 1 aliphatic heterocycles. The van der Waals surface area contributed by atoms with Crippen LogP contribution in [0.1, 0.15) is 20.1 Å². The number of benzene rings is 1. The maximum absolute atomic E-state index is 12.7. The van der Waals surface area contributed by atoms with E-state index in [1.165, 1.54) is 23.5 Å². The Kier molecular flexibility index (Phi) is 3.58. The van der Waals surface area contributed by atoms with Gasteiger partial charge in [0.15, 0.2) is 17.7 Å². The van der Waals surface area contributed by atoms with Gasteiger partial charge in [-0.25, -0.2) is 4.79 Å². The molecule has 122 valence electrons. The summed E-state index contributed by atoms with van der Waals surface area (Å²) in [5.74, 6) is -0.622. The van der Waals surface area contributed by atoms with Gasteiger partial charge in [-0.15, -0.1) is 11.3 Å². The second-order valence-corrected chi connectivity index (χ2v) is 6.80. The molecular weight excluding hydrogens is 336 g/mol. The summed E-state index contributed by atoms with van der Waals surface area (Å²) in [5, 5.41) is 0. The number of carbonyl (C=O) groups is 3. The molecule has 0 atom stereocenters. The van der Waals surface area contributed by atoms with Gasteiger partial charge in [-0.05, 0) is 42.0 Å². The van der Waals surface area contributed by atoms with Crippen LogP contribution in [0.3, 0.4) is 0 Å². The van der Waals surface area contributed by atoms with E-state index in [9.17, 15) is 14.4 Å². The van der Waals surface area contributed by atoms with Gasteiger partial charge in [-0.1, -0.05) is 30.3 Å². The molecule has 0 saturated carbocycles. The lowest BCUT2D eigenvalue weighted by atomic mass is 9.83. The van der Waals surface area contributed by atoms with E-state index >= 15 is 0 Å². The quantitative estimate of drug-likeness (QED) is 0.629. The molecule has 2 aliphatic rings. The molecule has 1 aromatic heterocycles. The van der Waals surface area contributed by atoms with E-state index in [4.69, 9.17) is 4.74 Å². The van der Waals surface area contributed by atoms with Crippen LogP contribution in [0.4, 0.5) is 0 Å². The Morgan fingerprint density at radius 3 is 2.32 bits per heavy atom. The van der Waals surface area contributed by atoms with Gasteiger partial charge < -0.3 is 4.74 Å². The smallest absolute Gasteiger partial charge is 0.341 e. The lowest BCUT2D eigenvalue weighted by Crippen LogP contribution is -2.28. The third kappa shape index (κ3) is 2.49. The number of aldehydes is 1. The minimum Gasteiger partial charge on any atom is -0.442 e. The van der Waals surface area contributed by atoms with Crippen LogP contribution < -0.4 is 0 Å². The van der Waals surface area contributed by atoms with Crippen molar-refractivity contribution in [3.8, 4) is 0 Å². The summed E-state index contributed by atoms with van der Waals surface area (Å²) in [6, 6.07) is 12.9. The summed E-state index contributed by atoms with van der Waals surface area (Å²) in [7, 11) is 0. The first-order chi connectivity index (χ1) is 12.1. The predicted molar refractivity (Wildman–Crippen MR) is 95.1 cm³/mol. The van der Waals surface area contributed by atoms with Gasteiger partial charge in [-0.3, -0.25) is 9.59 Å². The van der Waals surface area contributed by atoms with E-state index in [1.807, 2.05) is 30.3 Å². The summed E-state index contributed by atoms with van der Waals surface area (Å²) in [6.07, 6.45) is 6.79. The monoisotopic (exact) mass is 348 g/mol. The van der Waals surface area contributed by atoms with Gasteiger partial charge in [0, 0.05) is 10.5 Å². The molecular formula is C20H12O4S. The molecule has 5 heteroatoms. The Morgan fingerprint density at radius 2 is 1.68 bits per heavy atom. The Hall–Kier alpha value is -3.05. The Bertz CT molecular complexity index is 960. The molecule has 2 aromatic rings. The largest absolute Gasteiger partial charge is 0.442 e. The zero-order valence-electron chi connectivity index (χ0n) is 13.0. The lowest BCUT2D eigenvalue weighted by molar-refractivity contribution is -0.139. The highest BCUT2D eigenvalue weighted by atomic mass is 32.1. The van der Waals surface area contributed by atoms with Crippen LogP contribution in [-0.2, 0) is 14.3 Å². The fourth-order valence-electron chi connectivity index (χ4n) is 3.06. The first kappa shape index (κ1) is 15.5. The van der Waals surface area contributed by atoms with E-state index in [1.54, 1.807) is 24.3 Å². The number of carbonyl (C=O) groups excluding carboxylic acids is 3. The third-order valence-electron chi connectivity index (χ3n) is 4.15. The van der Waals surface area contributed by atoms with Gasteiger partial charge in [-0.2, -0.15) is 0 Å². The molecule has 4 rings (SSSR count). The SMILES string of the molecule is O=Cc1ccc(C2=C(c3ccccc3)C3(C=CC(=O)C=C3)OC2=O)s1. The van der Waals surface area contributed by atoms with Crippen molar-refractivity contribution in [2.75, 3.05) is 0 Å². The molecule has 1 aromatic carbocycles. The Morgan fingerprint density at radius 1 is 0.960 bits per heavy atom. The number of hydrogen-bond acceptors (Lipinski definition) is 5. The average molecular weight is 348 g/mol. The first-order valence-corrected chi connectivity index (χ1v) is 8.46. The molecule has 0 bridgehead atoms. The number of ketones is 1. The lowest BCUT2D eigenvalue weighted by Gasteiger charge is -2.26. The van der Waals surface area contributed by atoms with Gasteiger partial charge in [0.2, 0.25) is 0 Å². The molecule has 0 N–H and O–H groups in total. The van der Waals surface area contributed by atoms with E-state index in [2.05, 4.69) is 0 Å². The summed E-state index contributed by atoms with van der Waals surface area (Å²) in [4.78, 5) is 36.5. The highest BCUT2D eigenvalue weighted by molar-refractivity contribution is 7.15. The van der Waals surface area contributed by atoms with Crippen molar-refractivity contribution in [3.05, 3.63) is 82.1 Å². The summed E-state index contributed by atoms with van der Waals surface area (Å²) in [5.41, 5.74) is 0.825. The maximum atomic E-state index is 12.7. The number of allylic oxidation sites excluding steroid dienone is 2. The number of ether oxygens (including phenoxy) is 1. The van der Waals surface area contributed by atoms with Gasteiger partial charge in [0.1, 0.15) is 0 Å². The van der Waals surface area contributed by atoms with Crippen LogP contribution in [0.25, 0.3) is 11.1 Å². The zero-order chi connectivity index (χ0) is 17.4. The van der Waals surface area contributed by atoms with Crippen molar-refractivity contribution in [1.29, 1.82) is 0 Å². The van der Waals surface area contributed by atoms with Crippen molar-refractivity contribution in [2.45, 2.75) is 5.60 Å². The van der Waals surface area contributed by atoms with Crippen molar-refractivity contribution in [2.24, 2.45) is 0 Å².